The van der Waals surface area contributed by atoms with Crippen LogP contribution < -0.4 is 9.47 Å². The Hall–Kier alpha value is -4.20. The summed E-state index contributed by atoms with van der Waals surface area (Å²) in [4.78, 5) is 13.4. The van der Waals surface area contributed by atoms with Gasteiger partial charge in [-0.05, 0) is 62.2 Å². The Bertz CT molecular complexity index is 1930. The van der Waals surface area contributed by atoms with Crippen LogP contribution in [-0.4, -0.2) is 45.8 Å². The number of nitrogens with zero attached hydrogens (tertiary/aromatic N) is 4. The number of hydrogen-bond acceptors (Lipinski definition) is 6. The molecule has 0 fully saturated rings. The van der Waals surface area contributed by atoms with E-state index in [1.54, 1.807) is 12.4 Å². The van der Waals surface area contributed by atoms with Crippen LogP contribution in [0.15, 0.2) is 116 Å². The average Bonchev–Trinajstić information content (AvgIpc) is 3.11. The van der Waals surface area contributed by atoms with Gasteiger partial charge in [0.2, 0.25) is 0 Å². The number of benzene rings is 3. The summed E-state index contributed by atoms with van der Waals surface area (Å²) in [5, 5.41) is 3.35. The Morgan fingerprint density at radius 3 is 2.04 bits per heavy atom. The van der Waals surface area contributed by atoms with E-state index in [2.05, 4.69) is 63.1 Å². The van der Waals surface area contributed by atoms with Gasteiger partial charge < -0.3 is 9.47 Å². The molecule has 2 aliphatic rings. The van der Waals surface area contributed by atoms with E-state index in [4.69, 9.17) is 32.7 Å². The van der Waals surface area contributed by atoms with Gasteiger partial charge in [-0.1, -0.05) is 90.0 Å². The maximum Gasteiger partial charge on any atom is 0.152 e. The summed E-state index contributed by atoms with van der Waals surface area (Å²) in [6, 6.07) is 22.5. The lowest BCUT2D eigenvalue weighted by atomic mass is 10.1. The van der Waals surface area contributed by atoms with Crippen LogP contribution in [0.1, 0.15) is 30.5 Å². The van der Waals surface area contributed by atoms with Gasteiger partial charge in [-0.3, -0.25) is 19.8 Å². The zero-order valence-electron chi connectivity index (χ0n) is 26.7. The molecule has 47 heavy (non-hydrogen) atoms. The van der Waals surface area contributed by atoms with Gasteiger partial charge >= 0.3 is 0 Å². The number of hydrogen-bond donors (Lipinski definition) is 0. The summed E-state index contributed by atoms with van der Waals surface area (Å²) in [6.07, 6.45) is 16.9. The molecule has 2 aromatic heterocycles. The zero-order valence-corrected chi connectivity index (χ0v) is 28.2. The van der Waals surface area contributed by atoms with E-state index < -0.39 is 0 Å². The van der Waals surface area contributed by atoms with Crippen molar-refractivity contribution in [2.24, 2.45) is 0 Å². The summed E-state index contributed by atoms with van der Waals surface area (Å²) >= 11 is 12.8. The molecule has 7 rings (SSSR count). The summed E-state index contributed by atoms with van der Waals surface area (Å²) < 4.78 is 12.0. The molecule has 0 saturated heterocycles. The minimum Gasteiger partial charge on any atom is -0.475 e. The van der Waals surface area contributed by atoms with Crippen molar-refractivity contribution >= 4 is 45.0 Å². The molecule has 6 nitrogen and oxygen atoms in total. The molecule has 0 bridgehead atoms. The first-order valence-electron chi connectivity index (χ1n) is 15.9. The molecule has 8 heteroatoms. The molecule has 240 valence electrons. The van der Waals surface area contributed by atoms with Gasteiger partial charge in [0.25, 0.3) is 0 Å². The van der Waals surface area contributed by atoms with E-state index in [9.17, 15) is 0 Å². The fraction of sp³-hybridized carbons (Fsp3) is 0.231. The number of halogens is 2. The maximum absolute atomic E-state index is 6.41. The number of aromatic nitrogens is 2. The summed E-state index contributed by atoms with van der Waals surface area (Å²) in [5.74, 6) is 1.73. The van der Waals surface area contributed by atoms with Crippen LogP contribution in [0, 0.1) is 0 Å². The normalized spacial score (nSPS) is 15.7. The van der Waals surface area contributed by atoms with Crippen molar-refractivity contribution in [3.63, 3.8) is 0 Å². The molecule has 1 unspecified atom stereocenters. The van der Waals surface area contributed by atoms with E-state index in [1.165, 1.54) is 5.56 Å². The van der Waals surface area contributed by atoms with E-state index in [1.807, 2.05) is 73.7 Å². The van der Waals surface area contributed by atoms with Gasteiger partial charge in [0.05, 0.1) is 10.0 Å². The Morgan fingerprint density at radius 1 is 0.766 bits per heavy atom. The summed E-state index contributed by atoms with van der Waals surface area (Å²) in [7, 11) is 0. The van der Waals surface area contributed by atoms with Gasteiger partial charge in [0, 0.05) is 60.0 Å². The predicted molar refractivity (Wildman–Crippen MR) is 193 cm³/mol. The predicted octanol–water partition coefficient (Wildman–Crippen LogP) is 9.40. The number of rotatable bonds is 7. The van der Waals surface area contributed by atoms with Gasteiger partial charge in [-0.15, -0.1) is 0 Å². The number of pyridine rings is 2. The second-order valence-corrected chi connectivity index (χ2v) is 12.4. The number of allylic oxidation sites excluding steroid dienone is 5. The van der Waals surface area contributed by atoms with Crippen LogP contribution in [0.5, 0.6) is 11.5 Å². The lowest BCUT2D eigenvalue weighted by Gasteiger charge is -2.32. The summed E-state index contributed by atoms with van der Waals surface area (Å²) in [5.41, 5.74) is 5.24. The molecular formula is C39H38Cl2N4O2. The standard InChI is InChI=1S/C20H21ClN2O.C19H17ClN2O/c1-3-4-5-6-7-9-15(2)23-13-16-12-18(21)17-10-8-11-22-19(17)20(16)24-14-23;20-17-11-15-12-22(10-8-14-5-2-1-3-6-14)13-23-19(15)18-16(17)7-4-9-21-18/h3-12,15H,13-14H2,1-2H3;1-7,9,11H,8,10,12-13H2/b4-3-,6-5-,9-7+;. The first kappa shape index (κ1) is 32.7. The van der Waals surface area contributed by atoms with Crippen LogP contribution >= 0.6 is 23.2 Å². The van der Waals surface area contributed by atoms with Crippen LogP contribution in [0.25, 0.3) is 21.8 Å². The smallest absolute Gasteiger partial charge is 0.152 e. The number of fused-ring (bicyclic) bond motifs is 6. The average molecular weight is 666 g/mol. The third kappa shape index (κ3) is 7.86. The molecular weight excluding hydrogens is 627 g/mol. The Morgan fingerprint density at radius 2 is 1.38 bits per heavy atom. The lowest BCUT2D eigenvalue weighted by molar-refractivity contribution is 0.0793. The van der Waals surface area contributed by atoms with Crippen molar-refractivity contribution in [3.8, 4) is 11.5 Å². The second kappa shape index (κ2) is 15.6. The van der Waals surface area contributed by atoms with Crippen LogP contribution in [0.2, 0.25) is 10.0 Å². The van der Waals surface area contributed by atoms with Gasteiger partial charge in [-0.2, -0.15) is 0 Å². The van der Waals surface area contributed by atoms with Crippen molar-refractivity contribution in [1.29, 1.82) is 0 Å². The third-order valence-corrected chi connectivity index (χ3v) is 8.96. The van der Waals surface area contributed by atoms with E-state index in [0.717, 1.165) is 80.5 Å². The highest BCUT2D eigenvalue weighted by atomic mass is 35.5. The maximum atomic E-state index is 6.41. The van der Waals surface area contributed by atoms with Crippen molar-refractivity contribution in [2.75, 3.05) is 20.0 Å². The lowest BCUT2D eigenvalue weighted by Crippen LogP contribution is -2.37. The second-order valence-electron chi connectivity index (χ2n) is 11.6. The first-order chi connectivity index (χ1) is 23.0. The van der Waals surface area contributed by atoms with Crippen molar-refractivity contribution in [2.45, 2.75) is 39.4 Å². The SMILES string of the molecule is C\C=C/C=C\C=C\C(C)N1COc2c(cc(Cl)c3cccnc23)C1.Clc1cc2c(c3ncccc13)OCN(CCc1ccccc1)C2. The van der Waals surface area contributed by atoms with E-state index >= 15 is 0 Å². The van der Waals surface area contributed by atoms with Gasteiger partial charge in [0.15, 0.2) is 11.5 Å². The molecule has 0 spiro atoms. The Kier molecular flexibility index (Phi) is 10.9. The van der Waals surface area contributed by atoms with E-state index in [0.29, 0.717) is 13.5 Å². The molecule has 0 radical (unpaired) electrons. The molecule has 0 N–H and O–H groups in total. The van der Waals surface area contributed by atoms with Crippen molar-refractivity contribution in [1.82, 2.24) is 19.8 Å². The fourth-order valence-corrected chi connectivity index (χ4v) is 6.36. The quantitative estimate of drug-likeness (QED) is 0.162. The molecule has 2 aliphatic heterocycles. The molecule has 5 aromatic rings. The monoisotopic (exact) mass is 664 g/mol. The van der Waals surface area contributed by atoms with Crippen molar-refractivity contribution in [3.05, 3.63) is 142 Å². The molecule has 0 amide bonds. The van der Waals surface area contributed by atoms with E-state index in [-0.39, 0.29) is 6.04 Å². The van der Waals surface area contributed by atoms with Crippen LogP contribution in [0.4, 0.5) is 0 Å². The molecule has 3 aromatic carbocycles. The minimum absolute atomic E-state index is 0.270. The summed E-state index contributed by atoms with van der Waals surface area (Å²) in [6.45, 7) is 7.90. The minimum atomic E-state index is 0.270. The highest BCUT2D eigenvalue weighted by Gasteiger charge is 2.24. The van der Waals surface area contributed by atoms with Gasteiger partial charge in [-0.25, -0.2) is 0 Å². The van der Waals surface area contributed by atoms with Crippen LogP contribution in [0.3, 0.4) is 0 Å². The fourth-order valence-electron chi connectivity index (χ4n) is 5.79. The first-order valence-corrected chi connectivity index (χ1v) is 16.6. The molecule has 4 heterocycles. The number of ether oxygens (including phenoxy) is 2. The molecule has 0 aliphatic carbocycles. The Labute approximate surface area is 286 Å². The zero-order chi connectivity index (χ0) is 32.6. The molecule has 1 atom stereocenters. The molecule has 0 saturated carbocycles. The van der Waals surface area contributed by atoms with Crippen molar-refractivity contribution < 1.29 is 9.47 Å². The highest BCUT2D eigenvalue weighted by molar-refractivity contribution is 6.36. The largest absolute Gasteiger partial charge is 0.475 e. The highest BCUT2D eigenvalue weighted by Crippen LogP contribution is 2.38. The van der Waals surface area contributed by atoms with Crippen LogP contribution in [-0.2, 0) is 19.5 Å². The Balaban J connectivity index is 0.000000164. The topological polar surface area (TPSA) is 50.7 Å². The third-order valence-electron chi connectivity index (χ3n) is 8.33. The van der Waals surface area contributed by atoms with Gasteiger partial charge in [0.1, 0.15) is 24.5 Å².